The first-order valence-corrected chi connectivity index (χ1v) is 7.49. The van der Waals surface area contributed by atoms with E-state index in [1.54, 1.807) is 12.1 Å². The molecule has 134 valence electrons. The third kappa shape index (κ3) is 4.22. The van der Waals surface area contributed by atoms with E-state index < -0.39 is 12.8 Å². The van der Waals surface area contributed by atoms with Crippen molar-refractivity contribution in [3.63, 3.8) is 0 Å². The summed E-state index contributed by atoms with van der Waals surface area (Å²) in [5.74, 6) is 0.257. The second-order valence-electron chi connectivity index (χ2n) is 5.41. The van der Waals surface area contributed by atoms with E-state index in [4.69, 9.17) is 14.7 Å². The summed E-state index contributed by atoms with van der Waals surface area (Å²) >= 11 is 0. The lowest BCUT2D eigenvalue weighted by atomic mass is 9.89. The summed E-state index contributed by atoms with van der Waals surface area (Å²) in [5.41, 5.74) is 1.50. The van der Waals surface area contributed by atoms with Crippen LogP contribution >= 0.6 is 0 Å². The van der Waals surface area contributed by atoms with Gasteiger partial charge in [0.1, 0.15) is 11.9 Å². The van der Waals surface area contributed by atoms with Crippen molar-refractivity contribution < 1.29 is 38.5 Å². The van der Waals surface area contributed by atoms with E-state index in [2.05, 4.69) is 9.84 Å². The van der Waals surface area contributed by atoms with Crippen LogP contribution in [0.1, 0.15) is 18.9 Å². The molecule has 0 saturated heterocycles. The highest BCUT2D eigenvalue weighted by molar-refractivity contribution is 5.64. The molecule has 25 heavy (non-hydrogen) atoms. The van der Waals surface area contributed by atoms with E-state index >= 15 is 0 Å². The summed E-state index contributed by atoms with van der Waals surface area (Å²) in [6, 6.07) is 7.35. The molecule has 1 aliphatic carbocycles. The fraction of sp³-hybridized carbons (Fsp3) is 0.333. The van der Waals surface area contributed by atoms with Crippen LogP contribution < -0.4 is 15.0 Å². The lowest BCUT2D eigenvalue weighted by molar-refractivity contribution is -0.825. The molecule has 0 radical (unpaired) electrons. The Kier molecular flexibility index (Phi) is 5.10. The summed E-state index contributed by atoms with van der Waals surface area (Å²) in [6.45, 7) is -2.92. The third-order valence-electron chi connectivity index (χ3n) is 3.75. The zero-order valence-corrected chi connectivity index (χ0v) is 12.9. The zero-order chi connectivity index (χ0) is 17.8. The number of hydrogen-bond acceptors (Lipinski definition) is 6. The van der Waals surface area contributed by atoms with E-state index in [0.717, 1.165) is 5.48 Å². The molecule has 0 unspecified atom stereocenters. The molecular weight excluding hydrogens is 340 g/mol. The number of rotatable bonds is 6. The Hall–Kier alpha value is -2.72. The Morgan fingerprint density at radius 2 is 2.00 bits per heavy atom. The molecule has 0 spiro atoms. The molecule has 0 aliphatic heterocycles. The maximum Gasteiger partial charge on any atom is 0.514 e. The molecule has 10 heteroatoms. The standard InChI is InChI=1S/C15H15F2N3O5/c16-14(17)25-13-5-6-18-20(13)10-7-12(8-10)24-15(21)23-11-3-1-9(19-22)2-4-11/h1-6,10,12,14,19,22H,7-8H2/p+1. The molecule has 2 aromatic rings. The molecule has 3 N–H and O–H groups in total. The molecule has 0 atom stereocenters. The van der Waals surface area contributed by atoms with Crippen molar-refractivity contribution >= 4 is 11.8 Å². The van der Waals surface area contributed by atoms with Gasteiger partial charge in [-0.25, -0.2) is 14.7 Å². The van der Waals surface area contributed by atoms with Gasteiger partial charge in [-0.05, 0) is 12.1 Å². The highest BCUT2D eigenvalue weighted by Gasteiger charge is 2.36. The minimum atomic E-state index is -2.92. The summed E-state index contributed by atoms with van der Waals surface area (Å²) < 4.78 is 40.5. The van der Waals surface area contributed by atoms with Crippen LogP contribution in [0.5, 0.6) is 11.6 Å². The maximum absolute atomic E-state index is 12.3. The number of ether oxygens (including phenoxy) is 3. The Balaban J connectivity index is 1.46. The van der Waals surface area contributed by atoms with E-state index in [9.17, 15) is 13.6 Å². The van der Waals surface area contributed by atoms with E-state index in [-0.39, 0.29) is 23.8 Å². The number of carbonyl (C=O) groups is 1. The van der Waals surface area contributed by atoms with Gasteiger partial charge in [-0.3, -0.25) is 0 Å². The first-order chi connectivity index (χ1) is 12.0. The number of halogens is 2. The van der Waals surface area contributed by atoms with Crippen molar-refractivity contribution in [3.8, 4) is 11.6 Å². The van der Waals surface area contributed by atoms with Crippen LogP contribution in [-0.4, -0.2) is 33.9 Å². The summed E-state index contributed by atoms with van der Waals surface area (Å²) in [6.07, 6.45) is 0.983. The number of hydrogen-bond donors (Lipinski definition) is 2. The third-order valence-corrected chi connectivity index (χ3v) is 3.75. The van der Waals surface area contributed by atoms with Gasteiger partial charge in [0.05, 0.1) is 12.2 Å². The van der Waals surface area contributed by atoms with Crippen LogP contribution in [0.15, 0.2) is 36.5 Å². The molecule has 8 nitrogen and oxygen atoms in total. The summed E-state index contributed by atoms with van der Waals surface area (Å²) in [7, 11) is 0. The molecule has 1 saturated carbocycles. The van der Waals surface area contributed by atoms with Gasteiger partial charge in [-0.2, -0.15) is 19.4 Å². The molecule has 1 heterocycles. The largest absolute Gasteiger partial charge is 0.514 e. The van der Waals surface area contributed by atoms with Gasteiger partial charge >= 0.3 is 12.8 Å². The average Bonchev–Trinajstić information content (AvgIpc) is 2.98. The second kappa shape index (κ2) is 7.45. The zero-order valence-electron chi connectivity index (χ0n) is 12.9. The minimum Gasteiger partial charge on any atom is -0.431 e. The number of quaternary nitrogens is 1. The Morgan fingerprint density at radius 1 is 1.28 bits per heavy atom. The van der Waals surface area contributed by atoms with Crippen LogP contribution in [0.25, 0.3) is 0 Å². The topological polar surface area (TPSA) is 99.4 Å². The van der Waals surface area contributed by atoms with Gasteiger partial charge in [-0.15, -0.1) is 0 Å². The molecule has 1 aromatic carbocycles. The monoisotopic (exact) mass is 356 g/mol. The van der Waals surface area contributed by atoms with E-state index in [0.29, 0.717) is 18.5 Å². The molecule has 1 aliphatic rings. The van der Waals surface area contributed by atoms with Crippen LogP contribution in [0.2, 0.25) is 0 Å². The minimum absolute atomic E-state index is 0.0261. The predicted molar refractivity (Wildman–Crippen MR) is 77.8 cm³/mol. The van der Waals surface area contributed by atoms with Crippen molar-refractivity contribution in [2.24, 2.45) is 0 Å². The van der Waals surface area contributed by atoms with Crippen molar-refractivity contribution in [1.82, 2.24) is 9.78 Å². The van der Waals surface area contributed by atoms with Crippen LogP contribution in [0.4, 0.5) is 19.3 Å². The quantitative estimate of drug-likeness (QED) is 0.355. The van der Waals surface area contributed by atoms with E-state index in [1.165, 1.54) is 29.1 Å². The van der Waals surface area contributed by atoms with Crippen molar-refractivity contribution in [2.75, 3.05) is 0 Å². The van der Waals surface area contributed by atoms with Crippen molar-refractivity contribution in [3.05, 3.63) is 36.5 Å². The first kappa shape index (κ1) is 17.1. The van der Waals surface area contributed by atoms with Gasteiger partial charge in [-0.1, -0.05) is 0 Å². The van der Waals surface area contributed by atoms with Gasteiger partial charge in [0.2, 0.25) is 5.88 Å². The Labute approximate surface area is 140 Å². The first-order valence-electron chi connectivity index (χ1n) is 7.49. The summed E-state index contributed by atoms with van der Waals surface area (Å²) in [4.78, 5) is 11.7. The normalized spacial score (nSPS) is 19.4. The van der Waals surface area contributed by atoms with Gasteiger partial charge in [0, 0.05) is 31.0 Å². The average molecular weight is 356 g/mol. The maximum atomic E-state index is 12.3. The van der Waals surface area contributed by atoms with Crippen molar-refractivity contribution in [2.45, 2.75) is 31.6 Å². The number of nitrogens with two attached hydrogens (primary N) is 1. The van der Waals surface area contributed by atoms with Gasteiger partial charge in [0.15, 0.2) is 5.69 Å². The summed E-state index contributed by atoms with van der Waals surface area (Å²) in [5, 5.41) is 12.8. The number of nitrogens with zero attached hydrogens (tertiary/aromatic N) is 2. The predicted octanol–water partition coefficient (Wildman–Crippen LogP) is 1.99. The number of benzene rings is 1. The van der Waals surface area contributed by atoms with Crippen LogP contribution in [-0.2, 0) is 4.74 Å². The molecule has 1 fully saturated rings. The van der Waals surface area contributed by atoms with Gasteiger partial charge < -0.3 is 14.2 Å². The lowest BCUT2D eigenvalue weighted by Gasteiger charge is -2.34. The van der Waals surface area contributed by atoms with Gasteiger partial charge in [0.25, 0.3) is 0 Å². The van der Waals surface area contributed by atoms with Crippen LogP contribution in [0, 0.1) is 0 Å². The molecule has 0 amide bonds. The smallest absolute Gasteiger partial charge is 0.431 e. The SMILES string of the molecule is O=C(Oc1ccc([NH2+]O)cc1)OC1CC(n2nccc2OC(F)F)C1. The molecule has 1 aromatic heterocycles. The fourth-order valence-electron chi connectivity index (χ4n) is 2.47. The molecule has 3 rings (SSSR count). The lowest BCUT2D eigenvalue weighted by Crippen LogP contribution is -2.73. The van der Waals surface area contributed by atoms with Crippen LogP contribution in [0.3, 0.4) is 0 Å². The Bertz CT molecular complexity index is 716. The number of carbonyl (C=O) groups excluding carboxylic acids is 1. The van der Waals surface area contributed by atoms with Crippen molar-refractivity contribution in [1.29, 1.82) is 0 Å². The second-order valence-corrected chi connectivity index (χ2v) is 5.41. The van der Waals surface area contributed by atoms with E-state index in [1.807, 2.05) is 0 Å². The molecule has 0 bridgehead atoms. The molecular formula is C15H16F2N3O5+. The fourth-order valence-corrected chi connectivity index (χ4v) is 2.47. The number of alkyl halides is 2. The number of aromatic nitrogens is 2. The highest BCUT2D eigenvalue weighted by Crippen LogP contribution is 2.37. The Morgan fingerprint density at radius 3 is 2.64 bits per heavy atom. The highest BCUT2D eigenvalue weighted by atomic mass is 19.3.